The predicted octanol–water partition coefficient (Wildman–Crippen LogP) is -3.88. The summed E-state index contributed by atoms with van der Waals surface area (Å²) in [5.74, 6) is -7.29. The first-order valence-electron chi connectivity index (χ1n) is 8.30. The zero-order valence-electron chi connectivity index (χ0n) is 14.9. The molecule has 1 unspecified atom stereocenters. The summed E-state index contributed by atoms with van der Waals surface area (Å²) in [6.45, 7) is 0.529. The van der Waals surface area contributed by atoms with Gasteiger partial charge in [0.05, 0.1) is 24.7 Å². The molecule has 0 aromatic rings. The van der Waals surface area contributed by atoms with Gasteiger partial charge in [0.1, 0.15) is 12.2 Å². The minimum absolute atomic E-state index is 0.371. The standard InChI is InChI=1S/C15H24N2O11/c1-6(18)17-11-7(19)4-15(27,14(25)26)28-13(11)12(24)8(20)5-16-9(21)2-3-10(22)23/h7-8,11-13,19-20,24,27H,2-5H2,1H3,(H,16,21)(H,17,18)(H,22,23)(H,25,26)/t7-,8+,11+,12+,13?,15-/m0/s1. The Hall–Kier alpha value is -2.32. The molecule has 0 aromatic carbocycles. The third-order valence-corrected chi connectivity index (χ3v) is 4.09. The molecule has 1 aliphatic heterocycles. The van der Waals surface area contributed by atoms with Crippen LogP contribution in [-0.2, 0) is 23.9 Å². The zero-order chi connectivity index (χ0) is 21.6. The van der Waals surface area contributed by atoms with Crippen molar-refractivity contribution in [2.45, 2.75) is 62.4 Å². The van der Waals surface area contributed by atoms with Crippen LogP contribution >= 0.6 is 0 Å². The van der Waals surface area contributed by atoms with E-state index in [1.165, 1.54) is 0 Å². The molecule has 6 atom stereocenters. The van der Waals surface area contributed by atoms with Crippen LogP contribution in [0.2, 0.25) is 0 Å². The Morgan fingerprint density at radius 2 is 1.79 bits per heavy atom. The Balaban J connectivity index is 2.86. The largest absolute Gasteiger partial charge is 0.481 e. The fraction of sp³-hybridized carbons (Fsp3) is 0.733. The van der Waals surface area contributed by atoms with Crippen LogP contribution in [0.3, 0.4) is 0 Å². The molecule has 1 saturated heterocycles. The number of hydrogen-bond acceptors (Lipinski definition) is 9. The highest BCUT2D eigenvalue weighted by Gasteiger charge is 2.53. The monoisotopic (exact) mass is 408 g/mol. The molecular formula is C15H24N2O11. The van der Waals surface area contributed by atoms with Gasteiger partial charge < -0.3 is 46.0 Å². The Morgan fingerprint density at radius 3 is 2.29 bits per heavy atom. The maximum Gasteiger partial charge on any atom is 0.364 e. The fourth-order valence-electron chi connectivity index (χ4n) is 2.68. The van der Waals surface area contributed by atoms with E-state index in [9.17, 15) is 39.6 Å². The summed E-state index contributed by atoms with van der Waals surface area (Å²) in [7, 11) is 0. The first kappa shape index (κ1) is 23.7. The molecule has 0 radical (unpaired) electrons. The normalized spacial score (nSPS) is 29.4. The molecule has 0 bridgehead atoms. The second-order valence-electron chi connectivity index (χ2n) is 6.43. The molecule has 1 heterocycles. The number of rotatable bonds is 9. The third-order valence-electron chi connectivity index (χ3n) is 4.09. The van der Waals surface area contributed by atoms with Crippen molar-refractivity contribution in [3.8, 4) is 0 Å². The van der Waals surface area contributed by atoms with E-state index in [2.05, 4.69) is 10.6 Å². The summed E-state index contributed by atoms with van der Waals surface area (Å²) >= 11 is 0. The lowest BCUT2D eigenvalue weighted by Gasteiger charge is -2.44. The number of hydrogen-bond donors (Lipinski definition) is 8. The minimum Gasteiger partial charge on any atom is -0.481 e. The van der Waals surface area contributed by atoms with Gasteiger partial charge in [-0.2, -0.15) is 0 Å². The van der Waals surface area contributed by atoms with E-state index in [-0.39, 0.29) is 6.42 Å². The smallest absolute Gasteiger partial charge is 0.364 e. The molecule has 0 saturated carbocycles. The lowest BCUT2D eigenvalue weighted by molar-refractivity contribution is -0.294. The lowest BCUT2D eigenvalue weighted by atomic mass is 9.88. The van der Waals surface area contributed by atoms with E-state index in [1.807, 2.05) is 0 Å². The summed E-state index contributed by atoms with van der Waals surface area (Å²) in [5.41, 5.74) is 0. The molecule has 1 aliphatic rings. The number of aliphatic hydroxyl groups excluding tert-OH is 3. The molecule has 1 rings (SSSR count). The molecule has 160 valence electrons. The number of carboxylic acids is 2. The number of aliphatic hydroxyl groups is 4. The van der Waals surface area contributed by atoms with Gasteiger partial charge in [0, 0.05) is 26.3 Å². The number of ether oxygens (including phenoxy) is 1. The first-order valence-corrected chi connectivity index (χ1v) is 8.30. The van der Waals surface area contributed by atoms with Gasteiger partial charge in [-0.1, -0.05) is 0 Å². The number of amides is 2. The SMILES string of the molecule is CC(=O)N[C@H]1C([C@H](O)[C@H](O)CNC(=O)CCC(=O)O)O[C@](O)(C(=O)O)C[C@@H]1O. The van der Waals surface area contributed by atoms with Gasteiger partial charge >= 0.3 is 11.9 Å². The summed E-state index contributed by atoms with van der Waals surface area (Å²) in [6.07, 6.45) is -8.67. The van der Waals surface area contributed by atoms with Crippen molar-refractivity contribution in [1.29, 1.82) is 0 Å². The lowest BCUT2D eigenvalue weighted by Crippen LogP contribution is -2.67. The number of aliphatic carboxylic acids is 2. The van der Waals surface area contributed by atoms with Crippen LogP contribution in [0.1, 0.15) is 26.2 Å². The Labute approximate surface area is 158 Å². The van der Waals surface area contributed by atoms with Gasteiger partial charge in [0.25, 0.3) is 5.79 Å². The molecule has 13 heteroatoms. The van der Waals surface area contributed by atoms with Crippen molar-refractivity contribution in [2.24, 2.45) is 0 Å². The first-order chi connectivity index (χ1) is 12.9. The van der Waals surface area contributed by atoms with Crippen LogP contribution in [0.4, 0.5) is 0 Å². The van der Waals surface area contributed by atoms with Crippen molar-refractivity contribution >= 4 is 23.8 Å². The molecule has 2 amide bonds. The summed E-state index contributed by atoms with van der Waals surface area (Å²) < 4.78 is 4.97. The van der Waals surface area contributed by atoms with Crippen LogP contribution in [-0.4, -0.2) is 97.2 Å². The third kappa shape index (κ3) is 6.38. The zero-order valence-corrected chi connectivity index (χ0v) is 14.9. The van der Waals surface area contributed by atoms with E-state index in [1.54, 1.807) is 0 Å². The van der Waals surface area contributed by atoms with E-state index in [4.69, 9.17) is 14.9 Å². The van der Waals surface area contributed by atoms with Gasteiger partial charge in [-0.3, -0.25) is 14.4 Å². The quantitative estimate of drug-likeness (QED) is 0.184. The Bertz CT molecular complexity index is 613. The van der Waals surface area contributed by atoms with Crippen molar-refractivity contribution in [1.82, 2.24) is 10.6 Å². The number of carboxylic acid groups (broad SMARTS) is 2. The van der Waals surface area contributed by atoms with E-state index in [0.717, 1.165) is 6.92 Å². The minimum atomic E-state index is -2.87. The molecule has 0 aliphatic carbocycles. The molecule has 13 nitrogen and oxygen atoms in total. The van der Waals surface area contributed by atoms with Gasteiger partial charge in [0.15, 0.2) is 0 Å². The van der Waals surface area contributed by atoms with Crippen molar-refractivity contribution in [3.05, 3.63) is 0 Å². The van der Waals surface area contributed by atoms with Crippen molar-refractivity contribution in [2.75, 3.05) is 6.54 Å². The predicted molar refractivity (Wildman–Crippen MR) is 87.6 cm³/mol. The van der Waals surface area contributed by atoms with Crippen LogP contribution in [0, 0.1) is 0 Å². The second-order valence-corrected chi connectivity index (χ2v) is 6.43. The van der Waals surface area contributed by atoms with Crippen molar-refractivity contribution < 1.29 is 54.6 Å². The number of nitrogens with one attached hydrogen (secondary N) is 2. The summed E-state index contributed by atoms with van der Waals surface area (Å²) in [5, 5.41) is 62.5. The highest BCUT2D eigenvalue weighted by Crippen LogP contribution is 2.30. The highest BCUT2D eigenvalue weighted by molar-refractivity contribution is 5.80. The number of carbonyl (C=O) groups excluding carboxylic acids is 2. The van der Waals surface area contributed by atoms with Gasteiger partial charge in [-0.15, -0.1) is 0 Å². The molecule has 8 N–H and O–H groups in total. The van der Waals surface area contributed by atoms with E-state index in [0.29, 0.717) is 0 Å². The highest BCUT2D eigenvalue weighted by atomic mass is 16.7. The maximum atomic E-state index is 11.5. The fourth-order valence-corrected chi connectivity index (χ4v) is 2.68. The van der Waals surface area contributed by atoms with Gasteiger partial charge in [-0.05, 0) is 0 Å². The molecule has 0 aromatic heterocycles. The van der Waals surface area contributed by atoms with Crippen molar-refractivity contribution in [3.63, 3.8) is 0 Å². The van der Waals surface area contributed by atoms with Crippen LogP contribution in [0.25, 0.3) is 0 Å². The average Bonchev–Trinajstić information content (AvgIpc) is 2.58. The summed E-state index contributed by atoms with van der Waals surface area (Å²) in [6, 6.07) is -1.36. The van der Waals surface area contributed by atoms with Crippen LogP contribution < -0.4 is 10.6 Å². The molecule has 28 heavy (non-hydrogen) atoms. The summed E-state index contributed by atoms with van der Waals surface area (Å²) in [4.78, 5) is 44.4. The van der Waals surface area contributed by atoms with Crippen LogP contribution in [0.5, 0.6) is 0 Å². The Morgan fingerprint density at radius 1 is 1.18 bits per heavy atom. The van der Waals surface area contributed by atoms with Gasteiger partial charge in [0.2, 0.25) is 11.8 Å². The van der Waals surface area contributed by atoms with Crippen LogP contribution in [0.15, 0.2) is 0 Å². The molecular weight excluding hydrogens is 384 g/mol. The molecule has 0 spiro atoms. The average molecular weight is 408 g/mol. The molecule has 1 fully saturated rings. The Kier molecular flexibility index (Phi) is 8.26. The van der Waals surface area contributed by atoms with E-state index >= 15 is 0 Å². The topological polar surface area (TPSA) is 223 Å². The maximum absolute atomic E-state index is 11.5. The number of carbonyl (C=O) groups is 4. The van der Waals surface area contributed by atoms with Gasteiger partial charge in [-0.25, -0.2) is 4.79 Å². The van der Waals surface area contributed by atoms with E-state index < -0.39 is 79.4 Å². The second kappa shape index (κ2) is 9.75.